The van der Waals surface area contributed by atoms with Crippen LogP contribution >= 0.6 is 11.5 Å². The van der Waals surface area contributed by atoms with Crippen LogP contribution in [0, 0.1) is 24.1 Å². The number of likely N-dealkylation sites (tertiary alicyclic amines) is 1. The highest BCUT2D eigenvalue weighted by atomic mass is 32.1. The molecule has 0 saturated carbocycles. The average molecular weight is 457 g/mol. The van der Waals surface area contributed by atoms with Gasteiger partial charge in [0.15, 0.2) is 0 Å². The van der Waals surface area contributed by atoms with E-state index in [2.05, 4.69) is 14.7 Å². The summed E-state index contributed by atoms with van der Waals surface area (Å²) in [6.45, 7) is 2.20. The molecule has 2 amide bonds. The van der Waals surface area contributed by atoms with Gasteiger partial charge in [-0.05, 0) is 54.2 Å². The van der Waals surface area contributed by atoms with Crippen molar-refractivity contribution in [3.05, 3.63) is 75.8 Å². The highest BCUT2D eigenvalue weighted by molar-refractivity contribution is 7.05. The third-order valence-electron chi connectivity index (χ3n) is 5.71. The molecule has 0 unspecified atom stereocenters. The predicted octanol–water partition coefficient (Wildman–Crippen LogP) is 5.02. The summed E-state index contributed by atoms with van der Waals surface area (Å²) in [5, 5.41) is 12.5. The van der Waals surface area contributed by atoms with Crippen molar-refractivity contribution in [2.24, 2.45) is 0 Å². The van der Waals surface area contributed by atoms with Crippen LogP contribution in [0.25, 0.3) is 0 Å². The first-order valence-corrected chi connectivity index (χ1v) is 10.5. The van der Waals surface area contributed by atoms with Crippen LogP contribution in [0.15, 0.2) is 42.7 Å². The van der Waals surface area contributed by atoms with E-state index in [-0.39, 0.29) is 29.2 Å². The van der Waals surface area contributed by atoms with E-state index in [0.29, 0.717) is 29.1 Å². The van der Waals surface area contributed by atoms with Crippen molar-refractivity contribution in [2.75, 3.05) is 18.4 Å². The molecule has 0 aliphatic carbocycles. The fourth-order valence-electron chi connectivity index (χ4n) is 3.88. The molecule has 1 aliphatic rings. The summed E-state index contributed by atoms with van der Waals surface area (Å²) in [5.74, 6) is -0.350. The molecule has 2 heterocycles. The molecule has 1 aromatic heterocycles. The Balaban J connectivity index is 1.63. The Labute approximate surface area is 186 Å². The van der Waals surface area contributed by atoms with E-state index in [9.17, 15) is 23.2 Å². The number of nitrogens with zero attached hydrogens (tertiary/aromatic N) is 4. The van der Waals surface area contributed by atoms with E-state index in [1.54, 1.807) is 13.0 Å². The Hall–Kier alpha value is -3.45. The smallest absolute Gasteiger partial charge is 0.321 e. The largest absolute Gasteiger partial charge is 0.323 e. The van der Waals surface area contributed by atoms with E-state index in [1.807, 2.05) is 12.1 Å². The number of hydrogen-bond donors (Lipinski definition) is 1. The Morgan fingerprint density at radius 2 is 2.12 bits per heavy atom. The summed E-state index contributed by atoms with van der Waals surface area (Å²) >= 11 is 1.18. The van der Waals surface area contributed by atoms with Gasteiger partial charge in [-0.2, -0.15) is 9.64 Å². The van der Waals surface area contributed by atoms with Crippen molar-refractivity contribution in [1.29, 1.82) is 5.26 Å². The van der Waals surface area contributed by atoms with Gasteiger partial charge in [0.2, 0.25) is 0 Å². The number of hydrogen-bond acceptors (Lipinski definition) is 5. The third-order valence-corrected chi connectivity index (χ3v) is 6.58. The number of nitriles is 1. The van der Waals surface area contributed by atoms with Gasteiger partial charge < -0.3 is 10.2 Å². The van der Waals surface area contributed by atoms with E-state index < -0.39 is 17.9 Å². The molecule has 1 fully saturated rings. The fourth-order valence-corrected chi connectivity index (χ4v) is 4.63. The third kappa shape index (κ3) is 3.91. The summed E-state index contributed by atoms with van der Waals surface area (Å²) in [4.78, 5) is 18.8. The summed E-state index contributed by atoms with van der Waals surface area (Å²) in [6.07, 6.45) is -0.823. The van der Waals surface area contributed by atoms with Crippen molar-refractivity contribution in [1.82, 2.24) is 14.3 Å². The van der Waals surface area contributed by atoms with Gasteiger partial charge in [0.25, 0.3) is 6.43 Å². The fraction of sp³-hybridized carbons (Fsp3) is 0.273. The van der Waals surface area contributed by atoms with Gasteiger partial charge in [0.1, 0.15) is 23.2 Å². The van der Waals surface area contributed by atoms with E-state index in [4.69, 9.17) is 0 Å². The van der Waals surface area contributed by atoms with Gasteiger partial charge in [0.05, 0.1) is 16.7 Å². The number of urea groups is 1. The molecule has 4 rings (SSSR count). The molecular formula is C22H18F3N5OS. The number of nitrogens with one attached hydrogen (secondary N) is 1. The normalized spacial score (nSPS) is 18.1. The lowest BCUT2D eigenvalue weighted by Crippen LogP contribution is -2.37. The van der Waals surface area contributed by atoms with Crippen LogP contribution in [-0.4, -0.2) is 33.4 Å². The molecule has 1 N–H and O–H groups in total. The number of benzene rings is 2. The number of aromatic nitrogens is 2. The topological polar surface area (TPSA) is 81.9 Å². The highest BCUT2D eigenvalue weighted by Gasteiger charge is 2.45. The summed E-state index contributed by atoms with van der Waals surface area (Å²) in [6, 6.07) is 9.83. The zero-order chi connectivity index (χ0) is 22.9. The van der Waals surface area contributed by atoms with Gasteiger partial charge in [-0.1, -0.05) is 18.2 Å². The first-order valence-electron chi connectivity index (χ1n) is 9.76. The van der Waals surface area contributed by atoms with Crippen LogP contribution in [0.3, 0.4) is 0 Å². The minimum absolute atomic E-state index is 0.0186. The second-order valence-corrected chi connectivity index (χ2v) is 8.39. The standard InChI is InChI=1S/C22H18F3N5OS/c1-13-2-5-16(9-17(13)23)22(20-27-12-28-32-20)6-7-30(11-22)21(31)29-18-8-14(19(24)25)3-4-15(18)10-26/h2-5,8-9,12,19H,6-7,11H2,1H3,(H,29,31)/t22-/m1/s1. The van der Waals surface area contributed by atoms with Crippen LogP contribution in [0.2, 0.25) is 0 Å². The molecule has 3 aromatic rings. The van der Waals surface area contributed by atoms with Crippen LogP contribution in [0.4, 0.5) is 23.7 Å². The zero-order valence-electron chi connectivity index (χ0n) is 17.0. The molecular weight excluding hydrogens is 439 g/mol. The predicted molar refractivity (Wildman–Crippen MR) is 113 cm³/mol. The van der Waals surface area contributed by atoms with Crippen LogP contribution in [-0.2, 0) is 5.41 Å². The Morgan fingerprint density at radius 1 is 1.31 bits per heavy atom. The van der Waals surface area contributed by atoms with Gasteiger partial charge in [-0.15, -0.1) is 0 Å². The summed E-state index contributed by atoms with van der Waals surface area (Å²) in [7, 11) is 0. The number of anilines is 1. The number of carbonyl (C=O) groups is 1. The molecule has 10 heteroatoms. The first kappa shape index (κ1) is 21.8. The molecule has 2 aromatic carbocycles. The van der Waals surface area contributed by atoms with Crippen molar-refractivity contribution >= 4 is 23.3 Å². The van der Waals surface area contributed by atoms with Crippen LogP contribution < -0.4 is 5.32 Å². The minimum atomic E-state index is -2.73. The Kier molecular flexibility index (Phi) is 5.84. The molecule has 1 atom stereocenters. The van der Waals surface area contributed by atoms with E-state index in [1.165, 1.54) is 34.9 Å². The summed E-state index contributed by atoms with van der Waals surface area (Å²) < 4.78 is 44.6. The van der Waals surface area contributed by atoms with Crippen LogP contribution in [0.1, 0.15) is 40.1 Å². The Bertz CT molecular complexity index is 1190. The number of amides is 2. The maximum absolute atomic E-state index is 14.4. The molecule has 32 heavy (non-hydrogen) atoms. The van der Waals surface area contributed by atoms with Gasteiger partial charge in [0, 0.05) is 18.7 Å². The lowest BCUT2D eigenvalue weighted by Gasteiger charge is -2.28. The van der Waals surface area contributed by atoms with Crippen molar-refractivity contribution < 1.29 is 18.0 Å². The SMILES string of the molecule is Cc1ccc([C@@]2(c3ncns3)CCN(C(=O)Nc3cc(C(F)F)ccc3C#N)C2)cc1F. The van der Waals surface area contributed by atoms with Crippen molar-refractivity contribution in [3.8, 4) is 6.07 Å². The molecule has 6 nitrogen and oxygen atoms in total. The molecule has 1 saturated heterocycles. The molecule has 164 valence electrons. The maximum Gasteiger partial charge on any atom is 0.321 e. The highest BCUT2D eigenvalue weighted by Crippen LogP contribution is 2.42. The van der Waals surface area contributed by atoms with Crippen LogP contribution in [0.5, 0.6) is 0 Å². The zero-order valence-corrected chi connectivity index (χ0v) is 17.8. The maximum atomic E-state index is 14.4. The number of aryl methyl sites for hydroxylation is 1. The molecule has 0 spiro atoms. The van der Waals surface area contributed by atoms with Gasteiger partial charge in [-0.3, -0.25) is 0 Å². The Morgan fingerprint density at radius 3 is 2.78 bits per heavy atom. The minimum Gasteiger partial charge on any atom is -0.323 e. The van der Waals surface area contributed by atoms with Crippen molar-refractivity contribution in [2.45, 2.75) is 25.2 Å². The number of carbonyl (C=O) groups excluding carboxylic acids is 1. The summed E-state index contributed by atoms with van der Waals surface area (Å²) in [5.41, 5.74) is 0.263. The molecule has 0 radical (unpaired) electrons. The average Bonchev–Trinajstić information content (AvgIpc) is 3.46. The second kappa shape index (κ2) is 8.59. The van der Waals surface area contributed by atoms with E-state index in [0.717, 1.165) is 12.1 Å². The quantitative estimate of drug-likeness (QED) is 0.597. The lowest BCUT2D eigenvalue weighted by molar-refractivity contribution is 0.151. The molecule has 0 bridgehead atoms. The number of alkyl halides is 2. The van der Waals surface area contributed by atoms with Gasteiger partial charge >= 0.3 is 6.03 Å². The van der Waals surface area contributed by atoms with E-state index >= 15 is 0 Å². The van der Waals surface area contributed by atoms with Crippen molar-refractivity contribution in [3.63, 3.8) is 0 Å². The monoisotopic (exact) mass is 457 g/mol. The molecule has 1 aliphatic heterocycles. The lowest BCUT2D eigenvalue weighted by atomic mass is 9.80. The first-order chi connectivity index (χ1) is 15.3. The van der Waals surface area contributed by atoms with Gasteiger partial charge in [-0.25, -0.2) is 22.9 Å². The number of rotatable bonds is 4. The number of halogens is 3. The second-order valence-electron chi connectivity index (χ2n) is 7.61.